The van der Waals surface area contributed by atoms with Gasteiger partial charge >= 0.3 is 150 Å². The van der Waals surface area contributed by atoms with Crippen LogP contribution < -0.4 is 0 Å². The Morgan fingerprint density at radius 3 is 1.45 bits per heavy atom. The van der Waals surface area contributed by atoms with Gasteiger partial charge in [-0.2, -0.15) is 0 Å². The quantitative estimate of drug-likeness (QED) is 0.531. The van der Waals surface area contributed by atoms with Crippen molar-refractivity contribution in [2.75, 3.05) is 0 Å². The van der Waals surface area contributed by atoms with Crippen LogP contribution >= 0.6 is 23.5 Å². The predicted octanol–water partition coefficient (Wildman–Crippen LogP) is 4.88. The molecular formula is C16H24S2Se2-2. The van der Waals surface area contributed by atoms with E-state index in [1.54, 1.807) is 0 Å². The predicted molar refractivity (Wildman–Crippen MR) is 98.3 cm³/mol. The molecule has 1 aromatic rings. The Morgan fingerprint density at radius 2 is 1.15 bits per heavy atom. The fraction of sp³-hybridized carbons (Fsp3) is 0.625. The number of hydrogen-bond donors (Lipinski definition) is 0. The molecule has 0 aliphatic rings. The summed E-state index contributed by atoms with van der Waals surface area (Å²) in [7, 11) is 0. The van der Waals surface area contributed by atoms with Gasteiger partial charge in [0, 0.05) is 0 Å². The van der Waals surface area contributed by atoms with Gasteiger partial charge < -0.3 is 0 Å². The molecule has 0 radical (unpaired) electrons. The number of thioether (sulfide) groups is 2. The molecule has 1 rings (SSSR count). The third-order valence-electron chi connectivity index (χ3n) is 3.05. The van der Waals surface area contributed by atoms with Gasteiger partial charge in [0.1, 0.15) is 0 Å². The van der Waals surface area contributed by atoms with Crippen LogP contribution in [0.3, 0.4) is 0 Å². The molecule has 0 aliphatic carbocycles. The van der Waals surface area contributed by atoms with Gasteiger partial charge in [-0.3, -0.25) is 0 Å². The summed E-state index contributed by atoms with van der Waals surface area (Å²) in [5.41, 5.74) is 2.98. The maximum absolute atomic E-state index is 3.16. The molecule has 4 heteroatoms. The zero-order valence-corrected chi connectivity index (χ0v) is 17.8. The number of rotatable bonds is 8. The topological polar surface area (TPSA) is 0 Å². The molecule has 0 saturated heterocycles. The third kappa shape index (κ3) is 6.81. The zero-order chi connectivity index (χ0) is 15.2. The Bertz CT molecular complexity index is 378. The van der Waals surface area contributed by atoms with Crippen LogP contribution in [0.2, 0.25) is 10.6 Å². The molecule has 0 atom stereocenters. The summed E-state index contributed by atoms with van der Waals surface area (Å²) in [6.07, 6.45) is 0. The van der Waals surface area contributed by atoms with Crippen LogP contribution in [0.1, 0.15) is 38.8 Å². The van der Waals surface area contributed by atoms with Gasteiger partial charge in [0.2, 0.25) is 0 Å². The molecule has 20 heavy (non-hydrogen) atoms. The third-order valence-corrected chi connectivity index (χ3v) is 9.67. The van der Waals surface area contributed by atoms with Crippen molar-refractivity contribution in [3.05, 3.63) is 35.4 Å². The van der Waals surface area contributed by atoms with Gasteiger partial charge in [0.25, 0.3) is 0 Å². The van der Waals surface area contributed by atoms with Gasteiger partial charge in [0.15, 0.2) is 0 Å². The van der Waals surface area contributed by atoms with E-state index in [1.807, 2.05) is 23.5 Å². The van der Waals surface area contributed by atoms with Gasteiger partial charge in [-0.25, -0.2) is 0 Å². The van der Waals surface area contributed by atoms with E-state index in [2.05, 4.69) is 84.0 Å². The standard InChI is InChI=1S/C16H26S2Se2/c1-15(2,11-19)17-9-13-7-5-6-8-14(13)10-18-16(3,4)12-20/h5-8,19-20H,9-12H2,1-4H3/p-2. The van der Waals surface area contributed by atoms with E-state index in [9.17, 15) is 0 Å². The maximum atomic E-state index is 3.16. The van der Waals surface area contributed by atoms with Crippen molar-refractivity contribution in [1.29, 1.82) is 0 Å². The summed E-state index contributed by atoms with van der Waals surface area (Å²) in [5, 5.41) is 2.18. The van der Waals surface area contributed by atoms with Gasteiger partial charge in [-0.15, -0.1) is 0 Å². The Morgan fingerprint density at radius 1 is 0.800 bits per heavy atom. The molecule has 0 aromatic heterocycles. The molecule has 0 aliphatic heterocycles. The SMILES string of the molecule is CC(C)(C[Se-])SCc1ccccc1CSC(C)(C)C[Se-]. The average Bonchev–Trinajstić information content (AvgIpc) is 2.44. The van der Waals surface area contributed by atoms with Crippen molar-refractivity contribution in [2.45, 2.75) is 59.3 Å². The molecule has 0 saturated carbocycles. The fourth-order valence-electron chi connectivity index (χ4n) is 1.47. The summed E-state index contributed by atoms with van der Waals surface area (Å²) in [4.78, 5) is 0. The van der Waals surface area contributed by atoms with Crippen molar-refractivity contribution in [1.82, 2.24) is 0 Å². The van der Waals surface area contributed by atoms with Crippen molar-refractivity contribution in [3.63, 3.8) is 0 Å². The molecular weight excluding hydrogens is 414 g/mol. The molecule has 0 amide bonds. The Hall–Kier alpha value is 0.959. The molecule has 0 heterocycles. The first-order valence-corrected chi connectivity index (χ1v) is 11.2. The fourth-order valence-corrected chi connectivity index (χ4v) is 4.34. The second kappa shape index (κ2) is 8.55. The van der Waals surface area contributed by atoms with E-state index in [0.29, 0.717) is 9.49 Å². The van der Waals surface area contributed by atoms with Gasteiger partial charge in [-0.1, -0.05) is 0 Å². The molecule has 0 nitrogen and oxygen atoms in total. The summed E-state index contributed by atoms with van der Waals surface area (Å²) < 4.78 is 0.635. The monoisotopic (exact) mass is 440 g/mol. The molecule has 1 aromatic carbocycles. The van der Waals surface area contributed by atoms with E-state index < -0.39 is 0 Å². The first-order chi connectivity index (χ1) is 9.29. The van der Waals surface area contributed by atoms with Crippen molar-refractivity contribution >= 4 is 55.5 Å². The van der Waals surface area contributed by atoms with Crippen LogP contribution in [0.25, 0.3) is 0 Å². The van der Waals surface area contributed by atoms with E-state index in [1.165, 1.54) is 11.1 Å². The summed E-state index contributed by atoms with van der Waals surface area (Å²) in [6, 6.07) is 8.88. The van der Waals surface area contributed by atoms with E-state index >= 15 is 0 Å². The minimum absolute atomic E-state index is 0.317. The average molecular weight is 438 g/mol. The van der Waals surface area contributed by atoms with Crippen molar-refractivity contribution in [2.24, 2.45) is 0 Å². The molecule has 0 unspecified atom stereocenters. The van der Waals surface area contributed by atoms with E-state index in [0.717, 1.165) is 22.1 Å². The number of hydrogen-bond acceptors (Lipinski definition) is 2. The van der Waals surface area contributed by atoms with Crippen LogP contribution in [-0.2, 0) is 11.5 Å². The molecule has 0 fully saturated rings. The summed E-state index contributed by atoms with van der Waals surface area (Å²) in [5.74, 6) is 2.20. The van der Waals surface area contributed by atoms with Crippen LogP contribution in [0.4, 0.5) is 0 Å². The Kier molecular flexibility index (Phi) is 8.13. The van der Waals surface area contributed by atoms with E-state index in [4.69, 9.17) is 0 Å². The van der Waals surface area contributed by atoms with Crippen LogP contribution in [0, 0.1) is 0 Å². The Balaban J connectivity index is 2.69. The molecule has 0 N–H and O–H groups in total. The van der Waals surface area contributed by atoms with E-state index in [-0.39, 0.29) is 0 Å². The van der Waals surface area contributed by atoms with Crippen molar-refractivity contribution < 1.29 is 0 Å². The van der Waals surface area contributed by atoms with Crippen LogP contribution in [-0.4, -0.2) is 41.5 Å². The van der Waals surface area contributed by atoms with Crippen LogP contribution in [0.5, 0.6) is 0 Å². The first kappa shape index (κ1) is 19.0. The molecule has 0 spiro atoms. The van der Waals surface area contributed by atoms with Gasteiger partial charge in [-0.05, 0) is 0 Å². The number of benzene rings is 1. The zero-order valence-electron chi connectivity index (χ0n) is 12.8. The summed E-state index contributed by atoms with van der Waals surface area (Å²) >= 11 is 10.4. The summed E-state index contributed by atoms with van der Waals surface area (Å²) in [6.45, 7) is 9.23. The minimum atomic E-state index is 0.317. The van der Waals surface area contributed by atoms with Gasteiger partial charge in [0.05, 0.1) is 0 Å². The Labute approximate surface area is 149 Å². The second-order valence-corrected chi connectivity index (χ2v) is 10.7. The normalized spacial score (nSPS) is 12.7. The molecule has 114 valence electrons. The first-order valence-electron chi connectivity index (χ1n) is 6.80. The van der Waals surface area contributed by atoms with Crippen LogP contribution in [0.15, 0.2) is 24.3 Å². The van der Waals surface area contributed by atoms with Crippen molar-refractivity contribution in [3.8, 4) is 0 Å². The molecule has 0 bridgehead atoms. The second-order valence-electron chi connectivity index (χ2n) is 6.15.